The molecule has 4 nitrogen and oxygen atoms in total. The van der Waals surface area contributed by atoms with E-state index in [-0.39, 0.29) is 36.9 Å². The molecule has 1 fully saturated rings. The Morgan fingerprint density at radius 3 is 2.93 bits per heavy atom. The third-order valence-corrected chi connectivity index (χ3v) is 2.62. The van der Waals surface area contributed by atoms with E-state index in [1.54, 1.807) is 0 Å². The smallest absolute Gasteiger partial charge is 0.224 e. The molecular formula is C10H21ClN2O2. The van der Waals surface area contributed by atoms with Gasteiger partial charge in [0.2, 0.25) is 5.91 Å². The minimum absolute atomic E-state index is 0. The summed E-state index contributed by atoms with van der Waals surface area (Å²) < 4.78 is 0. The van der Waals surface area contributed by atoms with Gasteiger partial charge in [0.25, 0.3) is 0 Å². The maximum atomic E-state index is 11.7. The Morgan fingerprint density at radius 2 is 2.40 bits per heavy atom. The Balaban J connectivity index is 0.00000196. The summed E-state index contributed by atoms with van der Waals surface area (Å²) in [5, 5.41) is 14.8. The Labute approximate surface area is 97.2 Å². The van der Waals surface area contributed by atoms with Gasteiger partial charge in [-0.05, 0) is 32.7 Å². The van der Waals surface area contributed by atoms with Crippen LogP contribution in [0, 0.1) is 5.92 Å². The second-order valence-corrected chi connectivity index (χ2v) is 3.97. The van der Waals surface area contributed by atoms with E-state index in [4.69, 9.17) is 5.11 Å². The molecule has 0 aromatic carbocycles. The van der Waals surface area contributed by atoms with Crippen LogP contribution in [0.5, 0.6) is 0 Å². The first kappa shape index (κ1) is 14.7. The molecule has 0 aromatic rings. The van der Waals surface area contributed by atoms with E-state index in [2.05, 4.69) is 10.6 Å². The number of hydrogen-bond donors (Lipinski definition) is 3. The standard InChI is InChI=1S/C10H20N2O2.ClH/c1-8(4-6-13)12-10(14)9-3-2-5-11-7-9;/h8-9,11,13H,2-7H2,1H3,(H,12,14);1H/t8?,9-;/m1./s1. The first-order chi connectivity index (χ1) is 6.74. The van der Waals surface area contributed by atoms with Crippen LogP contribution in [0.1, 0.15) is 26.2 Å². The molecule has 1 rings (SSSR count). The fraction of sp³-hybridized carbons (Fsp3) is 0.900. The Hall–Kier alpha value is -0.320. The first-order valence-corrected chi connectivity index (χ1v) is 5.36. The number of aliphatic hydroxyl groups excluding tert-OH is 1. The lowest BCUT2D eigenvalue weighted by atomic mass is 9.98. The predicted molar refractivity (Wildman–Crippen MR) is 62.1 cm³/mol. The molecule has 0 radical (unpaired) electrons. The number of amides is 1. The fourth-order valence-electron chi connectivity index (χ4n) is 1.70. The summed E-state index contributed by atoms with van der Waals surface area (Å²) in [7, 11) is 0. The number of rotatable bonds is 4. The highest BCUT2D eigenvalue weighted by Crippen LogP contribution is 2.10. The number of hydrogen-bond acceptors (Lipinski definition) is 3. The van der Waals surface area contributed by atoms with E-state index < -0.39 is 0 Å². The number of piperidine rings is 1. The largest absolute Gasteiger partial charge is 0.396 e. The molecule has 0 bridgehead atoms. The zero-order valence-electron chi connectivity index (χ0n) is 9.16. The Kier molecular flexibility index (Phi) is 7.74. The monoisotopic (exact) mass is 236 g/mol. The van der Waals surface area contributed by atoms with Gasteiger partial charge in [0.1, 0.15) is 0 Å². The van der Waals surface area contributed by atoms with Crippen molar-refractivity contribution in [3.63, 3.8) is 0 Å². The molecule has 90 valence electrons. The molecule has 1 amide bonds. The molecule has 5 heteroatoms. The predicted octanol–water partition coefficient (Wildman–Crippen LogP) is 0.295. The van der Waals surface area contributed by atoms with Crippen molar-refractivity contribution < 1.29 is 9.90 Å². The third kappa shape index (κ3) is 5.35. The van der Waals surface area contributed by atoms with Crippen molar-refractivity contribution in [1.29, 1.82) is 0 Å². The van der Waals surface area contributed by atoms with E-state index in [0.29, 0.717) is 6.42 Å². The Morgan fingerprint density at radius 1 is 1.67 bits per heavy atom. The number of carbonyl (C=O) groups is 1. The van der Waals surface area contributed by atoms with Crippen molar-refractivity contribution in [3.05, 3.63) is 0 Å². The molecule has 0 spiro atoms. The maximum Gasteiger partial charge on any atom is 0.224 e. The van der Waals surface area contributed by atoms with Crippen LogP contribution >= 0.6 is 12.4 Å². The normalized spacial score (nSPS) is 22.7. The molecule has 0 saturated carbocycles. The third-order valence-electron chi connectivity index (χ3n) is 2.62. The van der Waals surface area contributed by atoms with Crippen molar-refractivity contribution in [1.82, 2.24) is 10.6 Å². The van der Waals surface area contributed by atoms with Crippen molar-refractivity contribution in [3.8, 4) is 0 Å². The van der Waals surface area contributed by atoms with E-state index in [1.165, 1.54) is 0 Å². The number of halogens is 1. The highest BCUT2D eigenvalue weighted by atomic mass is 35.5. The van der Waals surface area contributed by atoms with Crippen molar-refractivity contribution in [2.45, 2.75) is 32.2 Å². The average Bonchev–Trinajstić information content (AvgIpc) is 2.19. The summed E-state index contributed by atoms with van der Waals surface area (Å²) in [5.41, 5.74) is 0. The first-order valence-electron chi connectivity index (χ1n) is 5.36. The van der Waals surface area contributed by atoms with Gasteiger partial charge in [-0.15, -0.1) is 12.4 Å². The number of carbonyl (C=O) groups excluding carboxylic acids is 1. The van der Waals surface area contributed by atoms with Crippen LogP contribution < -0.4 is 10.6 Å². The lowest BCUT2D eigenvalue weighted by molar-refractivity contribution is -0.126. The SMILES string of the molecule is CC(CCO)NC(=O)[C@@H]1CCCNC1.Cl. The summed E-state index contributed by atoms with van der Waals surface area (Å²) >= 11 is 0. The van der Waals surface area contributed by atoms with Gasteiger partial charge in [-0.3, -0.25) is 4.79 Å². The van der Waals surface area contributed by atoms with Crippen molar-refractivity contribution in [2.75, 3.05) is 19.7 Å². The van der Waals surface area contributed by atoms with Crippen LogP contribution in [0.3, 0.4) is 0 Å². The van der Waals surface area contributed by atoms with Crippen LogP contribution in [0.15, 0.2) is 0 Å². The quantitative estimate of drug-likeness (QED) is 0.658. The van der Waals surface area contributed by atoms with E-state index in [1.807, 2.05) is 6.92 Å². The van der Waals surface area contributed by atoms with Crippen LogP contribution in [0.4, 0.5) is 0 Å². The van der Waals surface area contributed by atoms with Crippen LogP contribution in [-0.4, -0.2) is 36.8 Å². The van der Waals surface area contributed by atoms with Gasteiger partial charge in [-0.25, -0.2) is 0 Å². The van der Waals surface area contributed by atoms with E-state index in [9.17, 15) is 4.79 Å². The molecule has 0 aromatic heterocycles. The minimum Gasteiger partial charge on any atom is -0.396 e. The second kappa shape index (κ2) is 7.91. The van der Waals surface area contributed by atoms with Gasteiger partial charge in [0.15, 0.2) is 0 Å². The Bertz CT molecular complexity index is 184. The zero-order valence-corrected chi connectivity index (χ0v) is 9.98. The molecule has 1 heterocycles. The molecular weight excluding hydrogens is 216 g/mol. The maximum absolute atomic E-state index is 11.7. The summed E-state index contributed by atoms with van der Waals surface area (Å²) in [6.07, 6.45) is 2.68. The minimum atomic E-state index is 0. The fourth-order valence-corrected chi connectivity index (χ4v) is 1.70. The number of aliphatic hydroxyl groups is 1. The topological polar surface area (TPSA) is 61.4 Å². The van der Waals surface area contributed by atoms with Gasteiger partial charge < -0.3 is 15.7 Å². The van der Waals surface area contributed by atoms with Crippen molar-refractivity contribution in [2.24, 2.45) is 5.92 Å². The van der Waals surface area contributed by atoms with Gasteiger partial charge in [0.05, 0.1) is 5.92 Å². The summed E-state index contributed by atoms with van der Waals surface area (Å²) in [5.74, 6) is 0.239. The van der Waals surface area contributed by atoms with Crippen LogP contribution in [-0.2, 0) is 4.79 Å². The molecule has 15 heavy (non-hydrogen) atoms. The molecule has 1 aliphatic rings. The lowest BCUT2D eigenvalue weighted by Crippen LogP contribution is -2.43. The molecule has 1 unspecified atom stereocenters. The molecule has 1 aliphatic heterocycles. The van der Waals surface area contributed by atoms with Gasteiger partial charge in [-0.1, -0.05) is 0 Å². The van der Waals surface area contributed by atoms with Crippen LogP contribution in [0.2, 0.25) is 0 Å². The summed E-state index contributed by atoms with van der Waals surface area (Å²) in [6, 6.07) is 0.0782. The molecule has 0 aliphatic carbocycles. The van der Waals surface area contributed by atoms with E-state index >= 15 is 0 Å². The molecule has 1 saturated heterocycles. The second-order valence-electron chi connectivity index (χ2n) is 3.97. The van der Waals surface area contributed by atoms with Gasteiger partial charge in [0, 0.05) is 19.2 Å². The average molecular weight is 237 g/mol. The number of nitrogens with one attached hydrogen (secondary N) is 2. The molecule has 2 atom stereocenters. The highest BCUT2D eigenvalue weighted by Gasteiger charge is 2.21. The van der Waals surface area contributed by atoms with Gasteiger partial charge in [-0.2, -0.15) is 0 Å². The van der Waals surface area contributed by atoms with Crippen molar-refractivity contribution >= 4 is 18.3 Å². The van der Waals surface area contributed by atoms with E-state index in [0.717, 1.165) is 25.9 Å². The highest BCUT2D eigenvalue weighted by molar-refractivity contribution is 5.85. The summed E-state index contributed by atoms with van der Waals surface area (Å²) in [4.78, 5) is 11.7. The molecule has 3 N–H and O–H groups in total. The summed E-state index contributed by atoms with van der Waals surface area (Å²) in [6.45, 7) is 3.86. The zero-order chi connectivity index (χ0) is 10.4. The lowest BCUT2D eigenvalue weighted by Gasteiger charge is -2.23. The van der Waals surface area contributed by atoms with Crippen LogP contribution in [0.25, 0.3) is 0 Å². The van der Waals surface area contributed by atoms with Gasteiger partial charge >= 0.3 is 0 Å².